The highest BCUT2D eigenvalue weighted by atomic mass is 32.2. The van der Waals surface area contributed by atoms with E-state index in [9.17, 15) is 8.42 Å². The van der Waals surface area contributed by atoms with Crippen LogP contribution in [-0.2, 0) is 14.3 Å². The zero-order chi connectivity index (χ0) is 18.1. The van der Waals surface area contributed by atoms with Gasteiger partial charge in [-0.2, -0.15) is 8.42 Å². The molecule has 0 bridgehead atoms. The summed E-state index contributed by atoms with van der Waals surface area (Å²) in [5, 5.41) is 0. The Morgan fingerprint density at radius 3 is 2.29 bits per heavy atom. The van der Waals surface area contributed by atoms with Gasteiger partial charge in [-0.3, -0.25) is 8.76 Å². The second kappa shape index (κ2) is 7.23. The van der Waals surface area contributed by atoms with Crippen LogP contribution < -0.4 is 4.90 Å². The Morgan fingerprint density at radius 1 is 1.21 bits per heavy atom. The summed E-state index contributed by atoms with van der Waals surface area (Å²) in [6, 6.07) is 4.44. The first-order chi connectivity index (χ1) is 11.1. The minimum Gasteiger partial charge on any atom is -0.266 e. The van der Waals surface area contributed by atoms with Crippen LogP contribution in [0.5, 0.6) is 0 Å². The fourth-order valence-corrected chi connectivity index (χ4v) is 3.82. The van der Waals surface area contributed by atoms with Crippen LogP contribution in [0.25, 0.3) is 0 Å². The van der Waals surface area contributed by atoms with Crippen molar-refractivity contribution in [1.29, 1.82) is 0 Å². The molecule has 1 aromatic rings. The largest absolute Gasteiger partial charge is 0.266 e. The summed E-state index contributed by atoms with van der Waals surface area (Å²) < 4.78 is 29.9. The summed E-state index contributed by atoms with van der Waals surface area (Å²) in [7, 11) is -3.42. The number of hydrogen-bond donors (Lipinski definition) is 0. The van der Waals surface area contributed by atoms with Crippen LogP contribution in [0.15, 0.2) is 12.1 Å². The van der Waals surface area contributed by atoms with Crippen molar-refractivity contribution in [3.8, 4) is 0 Å². The van der Waals surface area contributed by atoms with Gasteiger partial charge in [0.2, 0.25) is 6.34 Å². The van der Waals surface area contributed by atoms with Crippen molar-refractivity contribution in [3.05, 3.63) is 28.8 Å². The Hall–Kier alpha value is -1.40. The molecule has 1 heterocycles. The Labute approximate surface area is 146 Å². The van der Waals surface area contributed by atoms with E-state index in [1.54, 1.807) is 0 Å². The number of rotatable bonds is 6. The van der Waals surface area contributed by atoms with E-state index in [0.717, 1.165) is 19.3 Å². The minimum atomic E-state index is -3.42. The third-order valence-electron chi connectivity index (χ3n) is 4.46. The monoisotopic (exact) mass is 353 g/mol. The first kappa shape index (κ1) is 18.9. The van der Waals surface area contributed by atoms with Crippen molar-refractivity contribution >= 4 is 22.1 Å². The van der Waals surface area contributed by atoms with E-state index in [1.165, 1.54) is 22.4 Å². The number of nitrogens with zero attached hydrogens (tertiary/aromatic N) is 2. The lowest BCUT2D eigenvalue weighted by Crippen LogP contribution is -2.36. The molecule has 0 aliphatic carbocycles. The molecule has 24 heavy (non-hydrogen) atoms. The predicted molar refractivity (Wildman–Crippen MR) is 98.6 cm³/mol. The zero-order valence-corrected chi connectivity index (χ0v) is 16.4. The minimum absolute atomic E-state index is 0.0378. The Bertz CT molecular complexity index is 716. The van der Waals surface area contributed by atoms with Gasteiger partial charge >= 0.3 is 0 Å². The zero-order valence-electron chi connectivity index (χ0n) is 15.5. The van der Waals surface area contributed by atoms with Gasteiger partial charge in [0.25, 0.3) is 10.1 Å². The van der Waals surface area contributed by atoms with Gasteiger partial charge in [0.05, 0.1) is 6.26 Å². The number of anilines is 1. The molecule has 6 heteroatoms. The first-order valence-corrected chi connectivity index (χ1v) is 10.2. The van der Waals surface area contributed by atoms with Gasteiger partial charge in [0, 0.05) is 0 Å². The van der Waals surface area contributed by atoms with Crippen LogP contribution in [-0.4, -0.2) is 51.3 Å². The topological polar surface area (TPSA) is 49.6 Å². The summed E-state index contributed by atoms with van der Waals surface area (Å²) in [6.07, 6.45) is 3.21. The number of benzene rings is 1. The molecule has 5 nitrogen and oxygen atoms in total. The van der Waals surface area contributed by atoms with Crippen molar-refractivity contribution in [2.24, 2.45) is 5.92 Å². The lowest BCUT2D eigenvalue weighted by molar-refractivity contribution is -0.562. The standard InChI is InChI=1S/C18H29N2O3S/c1-13(2)17(11-23-24(6,21)22)19-7-8-20(12-19)18-15(4)9-14(3)10-16(18)5/h9-10,12-13,17H,7-8,11H2,1-6H3/q+1/t17-/m1/s1. The molecular formula is C18H29N2O3S+. The maximum atomic E-state index is 11.3. The van der Waals surface area contributed by atoms with Gasteiger partial charge in [-0.1, -0.05) is 31.5 Å². The molecule has 1 aromatic carbocycles. The average Bonchev–Trinajstić information content (AvgIpc) is 2.85. The van der Waals surface area contributed by atoms with Crippen LogP contribution in [0.4, 0.5) is 5.69 Å². The fraction of sp³-hybridized carbons (Fsp3) is 0.611. The van der Waals surface area contributed by atoms with Crippen molar-refractivity contribution < 1.29 is 17.2 Å². The summed E-state index contributed by atoms with van der Waals surface area (Å²) in [4.78, 5) is 2.26. The van der Waals surface area contributed by atoms with E-state index in [2.05, 4.69) is 62.6 Å². The summed E-state index contributed by atoms with van der Waals surface area (Å²) in [6.45, 7) is 12.5. The summed E-state index contributed by atoms with van der Waals surface area (Å²) >= 11 is 0. The second-order valence-corrected chi connectivity index (χ2v) is 8.74. The van der Waals surface area contributed by atoms with Gasteiger partial charge in [-0.25, -0.2) is 4.90 Å². The molecule has 0 radical (unpaired) electrons. The van der Waals surface area contributed by atoms with Crippen molar-refractivity contribution in [1.82, 2.24) is 0 Å². The molecule has 0 saturated carbocycles. The molecule has 1 aliphatic rings. The van der Waals surface area contributed by atoms with E-state index in [4.69, 9.17) is 4.18 Å². The van der Waals surface area contributed by atoms with Gasteiger partial charge < -0.3 is 0 Å². The van der Waals surface area contributed by atoms with Crippen LogP contribution >= 0.6 is 0 Å². The van der Waals surface area contributed by atoms with Crippen molar-refractivity contribution in [3.63, 3.8) is 0 Å². The molecule has 0 unspecified atom stereocenters. The third-order valence-corrected chi connectivity index (χ3v) is 5.02. The van der Waals surface area contributed by atoms with Crippen LogP contribution in [0, 0.1) is 26.7 Å². The quantitative estimate of drug-likeness (QED) is 0.582. The molecule has 0 spiro atoms. The SMILES string of the molecule is Cc1cc(C)c(N2C=[N+]([C@H](COS(C)(=O)=O)C(C)C)CC2)c(C)c1. The molecule has 0 amide bonds. The second-order valence-electron chi connectivity index (χ2n) is 7.09. The smallest absolute Gasteiger partial charge is 0.264 e. The van der Waals surface area contributed by atoms with Crippen LogP contribution in [0.1, 0.15) is 30.5 Å². The Morgan fingerprint density at radius 2 is 1.79 bits per heavy atom. The van der Waals surface area contributed by atoms with Crippen LogP contribution in [0.3, 0.4) is 0 Å². The predicted octanol–water partition coefficient (Wildman–Crippen LogP) is 2.47. The normalized spacial score (nSPS) is 16.6. The third kappa shape index (κ3) is 4.57. The number of hydrogen-bond acceptors (Lipinski definition) is 4. The first-order valence-electron chi connectivity index (χ1n) is 8.38. The van der Waals surface area contributed by atoms with Crippen LogP contribution in [0.2, 0.25) is 0 Å². The van der Waals surface area contributed by atoms with Gasteiger partial charge in [0.1, 0.15) is 31.4 Å². The fourth-order valence-electron chi connectivity index (χ4n) is 3.43. The highest BCUT2D eigenvalue weighted by Gasteiger charge is 2.31. The van der Waals surface area contributed by atoms with Crippen molar-refractivity contribution in [2.45, 2.75) is 40.7 Å². The highest BCUT2D eigenvalue weighted by molar-refractivity contribution is 7.85. The van der Waals surface area contributed by atoms with Gasteiger partial charge in [0.15, 0.2) is 0 Å². The molecule has 1 atom stereocenters. The molecule has 0 aromatic heterocycles. The summed E-state index contributed by atoms with van der Waals surface area (Å²) in [5.41, 5.74) is 5.04. The van der Waals surface area contributed by atoms with E-state index >= 15 is 0 Å². The van der Waals surface area contributed by atoms with E-state index < -0.39 is 10.1 Å². The molecular weight excluding hydrogens is 324 g/mol. The Balaban J connectivity index is 2.25. The number of aryl methyl sites for hydroxylation is 3. The lowest BCUT2D eigenvalue weighted by atomic mass is 10.0. The average molecular weight is 354 g/mol. The molecule has 134 valence electrons. The van der Waals surface area contributed by atoms with Gasteiger partial charge in [-0.15, -0.1) is 0 Å². The maximum Gasteiger partial charge on any atom is 0.264 e. The Kier molecular flexibility index (Phi) is 5.71. The molecule has 0 saturated heterocycles. The maximum absolute atomic E-state index is 11.3. The molecule has 0 fully saturated rings. The highest BCUT2D eigenvalue weighted by Crippen LogP contribution is 2.27. The lowest BCUT2D eigenvalue weighted by Gasteiger charge is -2.19. The van der Waals surface area contributed by atoms with E-state index in [1.807, 2.05) is 0 Å². The van der Waals surface area contributed by atoms with Crippen molar-refractivity contribution in [2.75, 3.05) is 30.9 Å². The van der Waals surface area contributed by atoms with E-state index in [-0.39, 0.29) is 12.6 Å². The van der Waals surface area contributed by atoms with E-state index in [0.29, 0.717) is 5.92 Å². The molecule has 1 aliphatic heterocycles. The van der Waals surface area contributed by atoms with Gasteiger partial charge in [-0.05, 0) is 37.8 Å². The molecule has 2 rings (SSSR count). The summed E-state index contributed by atoms with van der Waals surface area (Å²) in [5.74, 6) is 0.295. The molecule has 0 N–H and O–H groups in total.